The predicted molar refractivity (Wildman–Crippen MR) is 28.0 cm³/mol. The number of nitrogens with two attached hydrogens (primary N) is 1. The van der Waals surface area contributed by atoms with Crippen molar-refractivity contribution in [2.24, 2.45) is 5.73 Å². The maximum absolute atomic E-state index is 10.1. The first kappa shape index (κ1) is 6.11. The molecule has 0 aromatic carbocycles. The van der Waals surface area contributed by atoms with Gasteiger partial charge in [0.25, 0.3) is 0 Å². The zero-order valence-corrected chi connectivity index (χ0v) is 4.62. The van der Waals surface area contributed by atoms with E-state index in [4.69, 9.17) is 5.73 Å². The third kappa shape index (κ3) is 4.11. The summed E-state index contributed by atoms with van der Waals surface area (Å²) in [6.45, 7) is 0.531. The van der Waals surface area contributed by atoms with E-state index in [1.165, 1.54) is 0 Å². The number of rotatable bonds is 2. The first-order chi connectivity index (χ1) is 2.77. The molecule has 0 amide bonds. The molecule has 0 heterocycles. The third-order valence-electron chi connectivity index (χ3n) is 0.405. The van der Waals surface area contributed by atoms with E-state index in [9.17, 15) is 4.21 Å². The predicted octanol–water partition coefficient (Wildman–Crippen LogP) is -0.676. The van der Waals surface area contributed by atoms with Crippen molar-refractivity contribution in [2.75, 3.05) is 18.6 Å². The fourth-order valence-corrected chi connectivity index (χ4v) is 0.498. The van der Waals surface area contributed by atoms with Gasteiger partial charge >= 0.3 is 0 Å². The molecule has 0 bridgehead atoms. The molecular weight excluding hydrogens is 98.1 g/mol. The second-order valence-corrected chi connectivity index (χ2v) is 2.62. The van der Waals surface area contributed by atoms with E-state index in [0.29, 0.717) is 12.3 Å². The Kier molecular flexibility index (Phi) is 3.37. The van der Waals surface area contributed by atoms with Crippen LogP contribution in [0.1, 0.15) is 0 Å². The lowest BCUT2D eigenvalue weighted by atomic mass is 10.8. The Bertz CT molecular complexity index is 54.8. The van der Waals surface area contributed by atoms with Crippen molar-refractivity contribution < 1.29 is 4.21 Å². The second kappa shape index (κ2) is 3.31. The van der Waals surface area contributed by atoms with Gasteiger partial charge in [-0.3, -0.25) is 4.21 Å². The van der Waals surface area contributed by atoms with Gasteiger partial charge in [0.1, 0.15) is 0 Å². The highest BCUT2D eigenvalue weighted by atomic mass is 32.2. The van der Waals surface area contributed by atoms with Crippen LogP contribution in [0.4, 0.5) is 0 Å². The van der Waals surface area contributed by atoms with Gasteiger partial charge in [0, 0.05) is 29.4 Å². The Morgan fingerprint density at radius 2 is 2.33 bits per heavy atom. The van der Waals surface area contributed by atoms with Crippen molar-refractivity contribution in [1.29, 1.82) is 0 Å². The maximum Gasteiger partial charge on any atom is 0.0355 e. The zero-order chi connectivity index (χ0) is 4.99. The summed E-state index contributed by atoms with van der Waals surface area (Å²) in [5.74, 6) is 0.625. The standard InChI is InChI=1S/C3H9NOS/c1-6(5)3-2-4/h2-4H2,1H3/t6-/m0/s1. The fourth-order valence-electron chi connectivity index (χ4n) is 0.166. The molecule has 0 fully saturated rings. The minimum Gasteiger partial charge on any atom is -0.330 e. The molecular formula is C3H9NOS. The smallest absolute Gasteiger partial charge is 0.0355 e. The summed E-state index contributed by atoms with van der Waals surface area (Å²) in [7, 11) is -0.691. The van der Waals surface area contributed by atoms with Crippen LogP contribution in [0.25, 0.3) is 0 Å². The molecule has 0 saturated carbocycles. The minimum atomic E-state index is -0.691. The molecule has 3 heteroatoms. The third-order valence-corrected chi connectivity index (χ3v) is 1.22. The van der Waals surface area contributed by atoms with E-state index in [-0.39, 0.29) is 0 Å². The molecule has 0 aromatic rings. The highest BCUT2D eigenvalue weighted by molar-refractivity contribution is 7.84. The van der Waals surface area contributed by atoms with Crippen LogP contribution < -0.4 is 5.73 Å². The molecule has 0 aromatic heterocycles. The second-order valence-electron chi connectivity index (χ2n) is 1.07. The Hall–Kier alpha value is 0.110. The van der Waals surface area contributed by atoms with Gasteiger partial charge in [-0.25, -0.2) is 0 Å². The highest BCUT2D eigenvalue weighted by Crippen LogP contribution is 1.65. The van der Waals surface area contributed by atoms with Gasteiger partial charge in [-0.05, 0) is 0 Å². The Morgan fingerprint density at radius 1 is 1.83 bits per heavy atom. The highest BCUT2D eigenvalue weighted by Gasteiger charge is 1.81. The van der Waals surface area contributed by atoms with Crippen molar-refractivity contribution in [3.05, 3.63) is 0 Å². The van der Waals surface area contributed by atoms with Gasteiger partial charge in [0.15, 0.2) is 0 Å². The Balaban J connectivity index is 2.83. The van der Waals surface area contributed by atoms with Crippen molar-refractivity contribution in [3.8, 4) is 0 Å². The van der Waals surface area contributed by atoms with Crippen molar-refractivity contribution in [2.45, 2.75) is 0 Å². The molecule has 0 rings (SSSR count). The summed E-state index contributed by atoms with van der Waals surface area (Å²) < 4.78 is 10.1. The molecule has 0 aliphatic heterocycles. The fraction of sp³-hybridized carbons (Fsp3) is 1.00. The van der Waals surface area contributed by atoms with E-state index < -0.39 is 10.8 Å². The Labute approximate surface area is 40.2 Å². The van der Waals surface area contributed by atoms with Crippen LogP contribution in [-0.2, 0) is 10.8 Å². The molecule has 0 aliphatic carbocycles. The molecule has 1 atom stereocenters. The lowest BCUT2D eigenvalue weighted by Crippen LogP contribution is -2.08. The summed E-state index contributed by atoms with van der Waals surface area (Å²) in [5.41, 5.74) is 5.04. The van der Waals surface area contributed by atoms with E-state index in [1.54, 1.807) is 6.26 Å². The van der Waals surface area contributed by atoms with Gasteiger partial charge in [0.05, 0.1) is 0 Å². The average molecular weight is 107 g/mol. The SMILES string of the molecule is C[S@](=O)CCN. The van der Waals surface area contributed by atoms with Gasteiger partial charge in [0.2, 0.25) is 0 Å². The molecule has 0 radical (unpaired) electrons. The Morgan fingerprint density at radius 3 is 2.33 bits per heavy atom. The largest absolute Gasteiger partial charge is 0.330 e. The van der Waals surface area contributed by atoms with Crippen molar-refractivity contribution in [1.82, 2.24) is 0 Å². The summed E-state index contributed by atoms with van der Waals surface area (Å²) in [6, 6.07) is 0. The zero-order valence-electron chi connectivity index (χ0n) is 3.81. The van der Waals surface area contributed by atoms with Crippen LogP contribution in [0, 0.1) is 0 Å². The average Bonchev–Trinajstić information content (AvgIpc) is 1.35. The first-order valence-electron chi connectivity index (χ1n) is 1.77. The lowest BCUT2D eigenvalue weighted by Gasteiger charge is -1.83. The number of hydrogen-bond acceptors (Lipinski definition) is 2. The summed E-state index contributed by atoms with van der Waals surface area (Å²) in [4.78, 5) is 0. The van der Waals surface area contributed by atoms with Gasteiger partial charge in [-0.2, -0.15) is 0 Å². The minimum absolute atomic E-state index is 0.531. The first-order valence-corrected chi connectivity index (χ1v) is 3.50. The van der Waals surface area contributed by atoms with Crippen LogP contribution in [0.5, 0.6) is 0 Å². The molecule has 38 valence electrons. The van der Waals surface area contributed by atoms with Crippen molar-refractivity contribution in [3.63, 3.8) is 0 Å². The molecule has 0 aliphatic rings. The van der Waals surface area contributed by atoms with Crippen LogP contribution in [0.3, 0.4) is 0 Å². The summed E-state index contributed by atoms with van der Waals surface area (Å²) in [6.07, 6.45) is 1.65. The number of hydrogen-bond donors (Lipinski definition) is 1. The molecule has 0 spiro atoms. The van der Waals surface area contributed by atoms with Crippen LogP contribution in [-0.4, -0.2) is 22.8 Å². The van der Waals surface area contributed by atoms with E-state index in [2.05, 4.69) is 0 Å². The summed E-state index contributed by atoms with van der Waals surface area (Å²) in [5, 5.41) is 0. The molecule has 6 heavy (non-hydrogen) atoms. The van der Waals surface area contributed by atoms with Gasteiger partial charge < -0.3 is 5.73 Å². The van der Waals surface area contributed by atoms with Crippen LogP contribution in [0.2, 0.25) is 0 Å². The van der Waals surface area contributed by atoms with Gasteiger partial charge in [-0.15, -0.1) is 0 Å². The summed E-state index contributed by atoms with van der Waals surface area (Å²) >= 11 is 0. The van der Waals surface area contributed by atoms with Crippen LogP contribution >= 0.6 is 0 Å². The molecule has 2 N–H and O–H groups in total. The van der Waals surface area contributed by atoms with Crippen LogP contribution in [0.15, 0.2) is 0 Å². The normalized spacial score (nSPS) is 14.3. The quantitative estimate of drug-likeness (QED) is 0.508. The lowest BCUT2D eigenvalue weighted by molar-refractivity contribution is 0.686. The molecule has 0 unspecified atom stereocenters. The topological polar surface area (TPSA) is 43.1 Å². The monoisotopic (exact) mass is 107 g/mol. The molecule has 2 nitrogen and oxygen atoms in total. The maximum atomic E-state index is 10.1. The molecule has 0 saturated heterocycles. The van der Waals surface area contributed by atoms with E-state index in [0.717, 1.165) is 0 Å². The van der Waals surface area contributed by atoms with Crippen molar-refractivity contribution >= 4 is 10.8 Å². The van der Waals surface area contributed by atoms with E-state index >= 15 is 0 Å². The van der Waals surface area contributed by atoms with E-state index in [1.807, 2.05) is 0 Å². The van der Waals surface area contributed by atoms with Gasteiger partial charge in [-0.1, -0.05) is 0 Å².